The van der Waals surface area contributed by atoms with Crippen molar-refractivity contribution < 1.29 is 9.53 Å². The Morgan fingerprint density at radius 1 is 0.947 bits per heavy atom. The number of aromatic nitrogens is 2. The highest BCUT2D eigenvalue weighted by Crippen LogP contribution is 2.26. The molecule has 0 unspecified atom stereocenters. The average Bonchev–Trinajstić information content (AvgIpc) is 3.25. The number of nitrogens with zero attached hydrogens (tertiary/aromatic N) is 2. The Bertz CT molecular complexity index is 1340. The fraction of sp³-hybridized carbons (Fsp3) is 0.355. The maximum Gasteiger partial charge on any atom is 0.224 e. The van der Waals surface area contributed by atoms with Crippen molar-refractivity contribution in [3.8, 4) is 5.75 Å². The van der Waals surface area contributed by atoms with Gasteiger partial charge in [0.25, 0.3) is 0 Å². The molecular weight excluding hydrogens is 517 g/mol. The number of rotatable bonds is 13. The van der Waals surface area contributed by atoms with Crippen LogP contribution in [0.1, 0.15) is 48.2 Å². The number of carbonyl (C=O) groups is 1. The molecule has 7 heteroatoms. The summed E-state index contributed by atoms with van der Waals surface area (Å²) in [5, 5.41) is 4.50. The lowest BCUT2D eigenvalue weighted by Gasteiger charge is -2.12. The predicted octanol–water partition coefficient (Wildman–Crippen LogP) is 7.50. The van der Waals surface area contributed by atoms with Gasteiger partial charge in [-0.3, -0.25) is 4.79 Å². The number of nitrogens with one attached hydrogen (secondary N) is 1. The minimum Gasteiger partial charge on any atom is -0.494 e. The molecule has 200 valence electrons. The molecule has 4 aromatic rings. The van der Waals surface area contributed by atoms with Crippen molar-refractivity contribution in [2.24, 2.45) is 0 Å². The van der Waals surface area contributed by atoms with Crippen molar-refractivity contribution in [3.05, 3.63) is 93.2 Å². The second kappa shape index (κ2) is 13.7. The number of hydrogen-bond acceptors (Lipinski definition) is 3. The van der Waals surface area contributed by atoms with Gasteiger partial charge in [0.2, 0.25) is 5.91 Å². The summed E-state index contributed by atoms with van der Waals surface area (Å²) in [6.45, 7) is 6.16. The number of benzene rings is 3. The van der Waals surface area contributed by atoms with Gasteiger partial charge in [-0.1, -0.05) is 53.9 Å². The van der Waals surface area contributed by atoms with E-state index >= 15 is 0 Å². The number of fused-ring (bicyclic) bond motifs is 1. The van der Waals surface area contributed by atoms with E-state index in [-0.39, 0.29) is 5.91 Å². The third kappa shape index (κ3) is 7.75. The number of hydrogen-bond donors (Lipinski definition) is 1. The summed E-state index contributed by atoms with van der Waals surface area (Å²) in [6.07, 6.45) is 5.17. The van der Waals surface area contributed by atoms with Gasteiger partial charge in [-0.2, -0.15) is 0 Å². The highest BCUT2D eigenvalue weighted by Gasteiger charge is 2.11. The van der Waals surface area contributed by atoms with Gasteiger partial charge in [0.1, 0.15) is 11.6 Å². The number of unbranched alkanes of at least 4 members (excludes halogenated alkanes) is 2. The summed E-state index contributed by atoms with van der Waals surface area (Å²) in [4.78, 5) is 17.1. The van der Waals surface area contributed by atoms with Gasteiger partial charge < -0.3 is 14.6 Å². The van der Waals surface area contributed by atoms with E-state index in [0.29, 0.717) is 24.6 Å². The third-order valence-electron chi connectivity index (χ3n) is 6.62. The summed E-state index contributed by atoms with van der Waals surface area (Å²) in [6, 6.07) is 19.7. The quantitative estimate of drug-likeness (QED) is 0.175. The maximum atomic E-state index is 12.2. The Kier molecular flexibility index (Phi) is 10.1. The fourth-order valence-corrected chi connectivity index (χ4v) is 4.87. The van der Waals surface area contributed by atoms with Crippen LogP contribution in [0.3, 0.4) is 0 Å². The smallest absolute Gasteiger partial charge is 0.224 e. The molecule has 0 atom stereocenters. The van der Waals surface area contributed by atoms with E-state index < -0.39 is 0 Å². The number of carbonyl (C=O) groups excluding carboxylic acids is 1. The molecule has 1 heterocycles. The number of halogens is 2. The zero-order valence-corrected chi connectivity index (χ0v) is 23.6. The van der Waals surface area contributed by atoms with E-state index in [1.807, 2.05) is 56.3 Å². The lowest BCUT2D eigenvalue weighted by Crippen LogP contribution is -2.26. The largest absolute Gasteiger partial charge is 0.494 e. The monoisotopic (exact) mass is 551 g/mol. The lowest BCUT2D eigenvalue weighted by atomic mass is 10.1. The number of aryl methyl sites for hydroxylation is 4. The average molecular weight is 553 g/mol. The van der Waals surface area contributed by atoms with Crippen LogP contribution in [0.15, 0.2) is 60.7 Å². The van der Waals surface area contributed by atoms with Crippen LogP contribution in [0.5, 0.6) is 5.75 Å². The molecule has 4 rings (SSSR count). The van der Waals surface area contributed by atoms with Gasteiger partial charge >= 0.3 is 0 Å². The Morgan fingerprint density at radius 3 is 2.45 bits per heavy atom. The van der Waals surface area contributed by atoms with E-state index in [9.17, 15) is 4.79 Å². The summed E-state index contributed by atoms with van der Waals surface area (Å²) in [5.74, 6) is 2.01. The van der Waals surface area contributed by atoms with Crippen LogP contribution in [-0.2, 0) is 24.2 Å². The first-order valence-electron chi connectivity index (χ1n) is 13.3. The van der Waals surface area contributed by atoms with E-state index in [1.54, 1.807) is 0 Å². The van der Waals surface area contributed by atoms with Crippen molar-refractivity contribution in [2.75, 3.05) is 13.2 Å². The third-order valence-corrected chi connectivity index (χ3v) is 7.46. The summed E-state index contributed by atoms with van der Waals surface area (Å²) in [7, 11) is 0. The molecule has 0 radical (unpaired) electrons. The molecule has 0 saturated heterocycles. The summed E-state index contributed by atoms with van der Waals surface area (Å²) >= 11 is 12.2. The molecule has 0 aliphatic heterocycles. The zero-order valence-electron chi connectivity index (χ0n) is 22.1. The van der Waals surface area contributed by atoms with Gasteiger partial charge in [-0.05, 0) is 86.2 Å². The van der Waals surface area contributed by atoms with Gasteiger partial charge in [0.15, 0.2) is 0 Å². The molecule has 38 heavy (non-hydrogen) atoms. The van der Waals surface area contributed by atoms with Gasteiger partial charge in [0, 0.05) is 29.6 Å². The van der Waals surface area contributed by atoms with Crippen LogP contribution in [0, 0.1) is 13.8 Å². The van der Waals surface area contributed by atoms with Crippen LogP contribution >= 0.6 is 23.2 Å². The highest BCUT2D eigenvalue weighted by atomic mass is 35.5. The first-order valence-corrected chi connectivity index (χ1v) is 14.0. The molecule has 0 aliphatic carbocycles. The Balaban J connectivity index is 1.22. The molecule has 0 fully saturated rings. The summed E-state index contributed by atoms with van der Waals surface area (Å²) < 4.78 is 8.35. The summed E-state index contributed by atoms with van der Waals surface area (Å²) in [5.41, 5.74) is 5.22. The van der Waals surface area contributed by atoms with Gasteiger partial charge in [-0.25, -0.2) is 4.98 Å². The Hall–Kier alpha value is -3.02. The van der Waals surface area contributed by atoms with Crippen LogP contribution in [0.25, 0.3) is 11.0 Å². The fourth-order valence-electron chi connectivity index (χ4n) is 4.63. The molecule has 1 amide bonds. The SMILES string of the molecule is Cc1cc(OCCCn2c(CCCCCNC(=O)Cc3ccc(Cl)cc3)nc3ccccc32)cc(C)c1Cl. The number of imidazole rings is 1. The predicted molar refractivity (Wildman–Crippen MR) is 156 cm³/mol. The molecule has 1 N–H and O–H groups in total. The number of amides is 1. The number of para-hydroxylation sites is 2. The first kappa shape index (κ1) is 28.0. The molecule has 1 aromatic heterocycles. The first-order chi connectivity index (χ1) is 18.4. The van der Waals surface area contributed by atoms with Gasteiger partial charge in [0.05, 0.1) is 24.1 Å². The van der Waals surface area contributed by atoms with Crippen molar-refractivity contribution >= 4 is 40.1 Å². The topological polar surface area (TPSA) is 56.1 Å². The molecule has 0 saturated carbocycles. The van der Waals surface area contributed by atoms with Crippen molar-refractivity contribution in [1.82, 2.24) is 14.9 Å². The molecule has 3 aromatic carbocycles. The number of ether oxygens (including phenoxy) is 1. The Morgan fingerprint density at radius 2 is 1.68 bits per heavy atom. The van der Waals surface area contributed by atoms with Crippen LogP contribution < -0.4 is 10.1 Å². The van der Waals surface area contributed by atoms with Gasteiger partial charge in [-0.15, -0.1) is 0 Å². The van der Waals surface area contributed by atoms with Crippen molar-refractivity contribution in [1.29, 1.82) is 0 Å². The lowest BCUT2D eigenvalue weighted by molar-refractivity contribution is -0.120. The van der Waals surface area contributed by atoms with E-state index in [1.165, 1.54) is 0 Å². The molecule has 0 aliphatic rings. The minimum atomic E-state index is 0.0419. The van der Waals surface area contributed by atoms with Crippen LogP contribution in [0.4, 0.5) is 0 Å². The Labute approximate surface area is 235 Å². The second-order valence-corrected chi connectivity index (χ2v) is 10.5. The normalized spacial score (nSPS) is 11.2. The molecule has 5 nitrogen and oxygen atoms in total. The van der Waals surface area contributed by atoms with E-state index in [0.717, 1.165) is 83.0 Å². The molecule has 0 spiro atoms. The van der Waals surface area contributed by atoms with Crippen molar-refractivity contribution in [3.63, 3.8) is 0 Å². The van der Waals surface area contributed by atoms with Crippen molar-refractivity contribution in [2.45, 2.75) is 58.9 Å². The van der Waals surface area contributed by atoms with E-state index in [2.05, 4.69) is 28.1 Å². The standard InChI is InChI=1S/C31H35Cl2N3O2/c1-22-19-26(20-23(2)31(22)33)38-18-8-17-36-28-10-6-5-9-27(28)35-29(36)11-4-3-7-16-34-30(37)21-24-12-14-25(32)15-13-24/h5-6,9-10,12-15,19-20H,3-4,7-8,11,16-18,21H2,1-2H3,(H,34,37). The van der Waals surface area contributed by atoms with E-state index in [4.69, 9.17) is 32.9 Å². The minimum absolute atomic E-state index is 0.0419. The molecular formula is C31H35Cl2N3O2. The van der Waals surface area contributed by atoms with Crippen LogP contribution in [0.2, 0.25) is 10.0 Å². The second-order valence-electron chi connectivity index (χ2n) is 9.71. The van der Waals surface area contributed by atoms with Crippen LogP contribution in [-0.4, -0.2) is 28.6 Å². The highest BCUT2D eigenvalue weighted by molar-refractivity contribution is 6.32. The maximum absolute atomic E-state index is 12.2. The zero-order chi connectivity index (χ0) is 26.9. The molecule has 0 bridgehead atoms.